The van der Waals surface area contributed by atoms with Gasteiger partial charge in [0.25, 0.3) is 0 Å². The smallest absolute Gasteiger partial charge is 0.224 e. The summed E-state index contributed by atoms with van der Waals surface area (Å²) in [6, 6.07) is 10.1. The van der Waals surface area contributed by atoms with Gasteiger partial charge in [0.1, 0.15) is 11.9 Å². The first kappa shape index (κ1) is 18.1. The van der Waals surface area contributed by atoms with Crippen molar-refractivity contribution < 1.29 is 14.3 Å². The van der Waals surface area contributed by atoms with Gasteiger partial charge in [-0.05, 0) is 41.1 Å². The third-order valence-electron chi connectivity index (χ3n) is 3.65. The molecule has 1 aromatic carbocycles. The molecular formula is C18H15ClFNO2S2. The average Bonchev–Trinajstić information content (AvgIpc) is 3.27. The number of aliphatic hydroxyl groups excluding tert-OH is 1. The molecule has 0 aliphatic carbocycles. The largest absolute Gasteiger partial charge is 0.386 e. The first-order valence-corrected chi connectivity index (χ1v) is 9.68. The molecule has 0 bridgehead atoms. The highest BCUT2D eigenvalue weighted by Crippen LogP contribution is 2.32. The van der Waals surface area contributed by atoms with E-state index in [-0.39, 0.29) is 29.5 Å². The third kappa shape index (κ3) is 4.46. The van der Waals surface area contributed by atoms with E-state index >= 15 is 0 Å². The van der Waals surface area contributed by atoms with E-state index in [2.05, 4.69) is 5.32 Å². The van der Waals surface area contributed by atoms with Gasteiger partial charge in [-0.15, -0.1) is 11.3 Å². The summed E-state index contributed by atoms with van der Waals surface area (Å²) < 4.78 is 13.7. The maximum Gasteiger partial charge on any atom is 0.224 e. The Morgan fingerprint density at radius 3 is 2.84 bits per heavy atom. The molecule has 0 saturated heterocycles. The number of aliphatic hydroxyl groups is 1. The van der Waals surface area contributed by atoms with Crippen LogP contribution in [-0.2, 0) is 11.2 Å². The van der Waals surface area contributed by atoms with Crippen LogP contribution in [0.25, 0.3) is 10.4 Å². The molecule has 130 valence electrons. The minimum Gasteiger partial charge on any atom is -0.386 e. The van der Waals surface area contributed by atoms with Crippen LogP contribution in [0.2, 0.25) is 5.02 Å². The van der Waals surface area contributed by atoms with Crippen LogP contribution < -0.4 is 5.32 Å². The lowest BCUT2D eigenvalue weighted by atomic mass is 10.1. The molecule has 7 heteroatoms. The Kier molecular flexibility index (Phi) is 5.86. The molecule has 0 fully saturated rings. The Hall–Kier alpha value is -1.73. The van der Waals surface area contributed by atoms with Crippen molar-refractivity contribution in [2.45, 2.75) is 12.5 Å². The van der Waals surface area contributed by atoms with E-state index in [0.29, 0.717) is 0 Å². The lowest BCUT2D eigenvalue weighted by Crippen LogP contribution is -2.29. The number of hydrogen-bond acceptors (Lipinski definition) is 4. The molecular weight excluding hydrogens is 381 g/mol. The third-order valence-corrected chi connectivity index (χ3v) is 5.93. The maximum atomic E-state index is 13.7. The molecule has 25 heavy (non-hydrogen) atoms. The molecule has 3 aromatic rings. The molecule has 1 atom stereocenters. The topological polar surface area (TPSA) is 49.3 Å². The van der Waals surface area contributed by atoms with Crippen LogP contribution in [0.4, 0.5) is 4.39 Å². The molecule has 3 nitrogen and oxygen atoms in total. The second-order valence-corrected chi connectivity index (χ2v) is 7.71. The van der Waals surface area contributed by atoms with Gasteiger partial charge in [0.15, 0.2) is 0 Å². The number of carbonyl (C=O) groups excluding carboxylic acids is 1. The van der Waals surface area contributed by atoms with Crippen molar-refractivity contribution in [1.82, 2.24) is 5.32 Å². The summed E-state index contributed by atoms with van der Waals surface area (Å²) in [6.45, 7) is 0.0640. The first-order chi connectivity index (χ1) is 12.0. The number of hydrogen-bond donors (Lipinski definition) is 2. The van der Waals surface area contributed by atoms with Gasteiger partial charge in [-0.3, -0.25) is 4.79 Å². The molecule has 2 aromatic heterocycles. The lowest BCUT2D eigenvalue weighted by molar-refractivity contribution is -0.120. The van der Waals surface area contributed by atoms with Crippen LogP contribution in [0, 0.1) is 5.82 Å². The first-order valence-electron chi connectivity index (χ1n) is 7.54. The van der Waals surface area contributed by atoms with E-state index < -0.39 is 11.9 Å². The van der Waals surface area contributed by atoms with E-state index in [1.807, 2.05) is 29.0 Å². The van der Waals surface area contributed by atoms with Crippen molar-refractivity contribution in [2.75, 3.05) is 6.54 Å². The van der Waals surface area contributed by atoms with E-state index in [9.17, 15) is 14.3 Å². The Bertz CT molecular complexity index is 844. The number of halogens is 2. The molecule has 1 unspecified atom stereocenters. The van der Waals surface area contributed by atoms with Crippen LogP contribution in [0.5, 0.6) is 0 Å². The van der Waals surface area contributed by atoms with E-state index in [1.165, 1.54) is 23.5 Å². The maximum absolute atomic E-state index is 13.7. The number of benzene rings is 1. The van der Waals surface area contributed by atoms with E-state index in [1.54, 1.807) is 17.4 Å². The summed E-state index contributed by atoms with van der Waals surface area (Å²) in [5.74, 6) is -0.900. The zero-order valence-electron chi connectivity index (χ0n) is 13.0. The number of amides is 1. The number of thiophene rings is 2. The van der Waals surface area contributed by atoms with Crippen LogP contribution in [-0.4, -0.2) is 17.6 Å². The summed E-state index contributed by atoms with van der Waals surface area (Å²) in [5, 5.41) is 17.1. The minimum absolute atomic E-state index is 0.0640. The summed E-state index contributed by atoms with van der Waals surface area (Å²) in [5.41, 5.74) is 1.28. The molecule has 2 heterocycles. The van der Waals surface area contributed by atoms with Crippen molar-refractivity contribution in [1.29, 1.82) is 0 Å². The molecule has 2 N–H and O–H groups in total. The highest BCUT2D eigenvalue weighted by Gasteiger charge is 2.15. The molecule has 1 amide bonds. The zero-order chi connectivity index (χ0) is 17.8. The monoisotopic (exact) mass is 395 g/mol. The standard InChI is InChI=1S/C18H15ClFNO2S2/c19-13-2-1-3-14(20)12(13)8-18(23)21-9-15(22)17-5-4-16(25-17)11-6-7-24-10-11/h1-7,10,15,22H,8-9H2,(H,21,23). The Balaban J connectivity index is 1.57. The molecule has 3 rings (SSSR count). The van der Waals surface area contributed by atoms with Gasteiger partial charge < -0.3 is 10.4 Å². The molecule has 0 saturated carbocycles. The number of carbonyl (C=O) groups is 1. The normalized spacial score (nSPS) is 12.1. The van der Waals surface area contributed by atoms with E-state index in [0.717, 1.165) is 15.3 Å². The molecule has 0 radical (unpaired) electrons. The van der Waals surface area contributed by atoms with Crippen molar-refractivity contribution >= 4 is 40.2 Å². The van der Waals surface area contributed by atoms with Gasteiger partial charge >= 0.3 is 0 Å². The summed E-state index contributed by atoms with van der Waals surface area (Å²) >= 11 is 9.02. The fraction of sp³-hybridized carbons (Fsp3) is 0.167. The average molecular weight is 396 g/mol. The zero-order valence-corrected chi connectivity index (χ0v) is 15.4. The number of nitrogens with one attached hydrogen (secondary N) is 1. The predicted octanol–water partition coefficient (Wildman–Crippen LogP) is 4.66. The van der Waals surface area contributed by atoms with Crippen molar-refractivity contribution in [3.05, 3.63) is 68.4 Å². The van der Waals surface area contributed by atoms with Gasteiger partial charge in [-0.25, -0.2) is 4.39 Å². The Morgan fingerprint density at radius 2 is 2.12 bits per heavy atom. The van der Waals surface area contributed by atoms with Crippen LogP contribution in [0.3, 0.4) is 0 Å². The van der Waals surface area contributed by atoms with Gasteiger partial charge in [0, 0.05) is 32.4 Å². The fourth-order valence-electron chi connectivity index (χ4n) is 2.33. The summed E-state index contributed by atoms with van der Waals surface area (Å²) in [6.07, 6.45) is -0.972. The molecule has 0 spiro atoms. The minimum atomic E-state index is -0.808. The van der Waals surface area contributed by atoms with Crippen molar-refractivity contribution in [3.8, 4) is 10.4 Å². The Labute approximate surface area is 157 Å². The van der Waals surface area contributed by atoms with E-state index in [4.69, 9.17) is 11.6 Å². The highest BCUT2D eigenvalue weighted by atomic mass is 35.5. The second-order valence-electron chi connectivity index (χ2n) is 5.41. The SMILES string of the molecule is O=C(Cc1c(F)cccc1Cl)NCC(O)c1ccc(-c2ccsc2)s1. The van der Waals surface area contributed by atoms with Crippen molar-refractivity contribution in [2.24, 2.45) is 0 Å². The van der Waals surface area contributed by atoms with Gasteiger partial charge in [-0.2, -0.15) is 11.3 Å². The van der Waals surface area contributed by atoms with Crippen LogP contribution >= 0.6 is 34.3 Å². The van der Waals surface area contributed by atoms with Gasteiger partial charge in [0.05, 0.1) is 6.42 Å². The van der Waals surface area contributed by atoms with Gasteiger partial charge in [0.2, 0.25) is 5.91 Å². The van der Waals surface area contributed by atoms with Crippen LogP contribution in [0.15, 0.2) is 47.2 Å². The molecule has 0 aliphatic heterocycles. The summed E-state index contributed by atoms with van der Waals surface area (Å²) in [4.78, 5) is 13.8. The predicted molar refractivity (Wildman–Crippen MR) is 101 cm³/mol. The van der Waals surface area contributed by atoms with Gasteiger partial charge in [-0.1, -0.05) is 17.7 Å². The number of rotatable bonds is 6. The second kappa shape index (κ2) is 8.10. The highest BCUT2D eigenvalue weighted by molar-refractivity contribution is 7.16. The lowest BCUT2D eigenvalue weighted by Gasteiger charge is -2.11. The molecule has 0 aliphatic rings. The fourth-order valence-corrected chi connectivity index (χ4v) is 4.28. The quantitative estimate of drug-likeness (QED) is 0.637. The summed E-state index contributed by atoms with van der Waals surface area (Å²) in [7, 11) is 0. The Morgan fingerprint density at radius 1 is 1.28 bits per heavy atom. The van der Waals surface area contributed by atoms with Crippen molar-refractivity contribution in [3.63, 3.8) is 0 Å². The van der Waals surface area contributed by atoms with Crippen LogP contribution in [0.1, 0.15) is 16.5 Å².